The highest BCUT2D eigenvalue weighted by Gasteiger charge is 2.12. The van der Waals surface area contributed by atoms with E-state index in [0.29, 0.717) is 0 Å². The monoisotopic (exact) mass is 472 g/mol. The fourth-order valence-corrected chi connectivity index (χ4v) is 5.25. The summed E-state index contributed by atoms with van der Waals surface area (Å²) in [6.07, 6.45) is 5.86. The Bertz CT molecular complexity index is 1430. The molecule has 1 fully saturated rings. The molecular formula is C32H32N4. The molecule has 0 N–H and O–H groups in total. The third kappa shape index (κ3) is 5.09. The van der Waals surface area contributed by atoms with E-state index in [2.05, 4.69) is 89.8 Å². The van der Waals surface area contributed by atoms with Crippen molar-refractivity contribution < 1.29 is 0 Å². The molecule has 36 heavy (non-hydrogen) atoms. The predicted molar refractivity (Wildman–Crippen MR) is 147 cm³/mol. The Hall–Kier alpha value is -3.76. The lowest BCUT2D eigenvalue weighted by Crippen LogP contribution is -2.20. The average Bonchev–Trinajstić information content (AvgIpc) is 3.60. The van der Waals surface area contributed by atoms with Crippen LogP contribution in [0.5, 0.6) is 0 Å². The Balaban J connectivity index is 1.18. The topological polar surface area (TPSA) is 33.4 Å². The average molecular weight is 473 g/mol. The summed E-state index contributed by atoms with van der Waals surface area (Å²) >= 11 is 0. The van der Waals surface area contributed by atoms with Gasteiger partial charge in [-0.1, -0.05) is 78.9 Å². The van der Waals surface area contributed by atoms with E-state index in [4.69, 9.17) is 10.1 Å². The molecule has 0 atom stereocenters. The molecule has 4 heteroatoms. The highest BCUT2D eigenvalue weighted by atomic mass is 15.3. The van der Waals surface area contributed by atoms with E-state index < -0.39 is 0 Å². The first-order chi connectivity index (χ1) is 17.8. The number of aryl methyl sites for hydroxylation is 1. The standard InChI is InChI=1S/C32H32N4/c1-2-10-27(11-3-1)28-12-6-13-29(24-28)30-14-7-15-32-33-31(34-36(30)32)23-26-18-16-25(17-19-26)9-8-22-35-20-4-5-21-35/h1-3,6-7,10-19,24H,4-5,8-9,20-23H2. The summed E-state index contributed by atoms with van der Waals surface area (Å²) in [6, 6.07) is 34.4. The zero-order chi connectivity index (χ0) is 24.2. The number of likely N-dealkylation sites (tertiary alicyclic amines) is 1. The Morgan fingerprint density at radius 3 is 2.22 bits per heavy atom. The van der Waals surface area contributed by atoms with Crippen LogP contribution in [0, 0.1) is 0 Å². The van der Waals surface area contributed by atoms with Crippen LogP contribution in [0.4, 0.5) is 0 Å². The summed E-state index contributed by atoms with van der Waals surface area (Å²) in [5.74, 6) is 0.850. The summed E-state index contributed by atoms with van der Waals surface area (Å²) in [5, 5.41) is 4.90. The molecule has 1 aliphatic rings. The van der Waals surface area contributed by atoms with E-state index in [9.17, 15) is 0 Å². The van der Waals surface area contributed by atoms with E-state index >= 15 is 0 Å². The van der Waals surface area contributed by atoms with Crippen LogP contribution in [0.1, 0.15) is 36.2 Å². The maximum atomic E-state index is 4.90. The fourth-order valence-electron chi connectivity index (χ4n) is 5.25. The van der Waals surface area contributed by atoms with Crippen molar-refractivity contribution in [1.29, 1.82) is 0 Å². The molecule has 0 unspecified atom stereocenters. The molecule has 5 aromatic rings. The molecule has 0 amide bonds. The normalized spacial score (nSPS) is 14.0. The van der Waals surface area contributed by atoms with E-state index in [1.165, 1.54) is 61.2 Å². The fraction of sp³-hybridized carbons (Fsp3) is 0.250. The summed E-state index contributed by atoms with van der Waals surface area (Å²) in [4.78, 5) is 7.43. The quantitative estimate of drug-likeness (QED) is 0.252. The van der Waals surface area contributed by atoms with Gasteiger partial charge in [0.25, 0.3) is 0 Å². The molecule has 2 aromatic heterocycles. The van der Waals surface area contributed by atoms with Gasteiger partial charge in [0.2, 0.25) is 0 Å². The van der Waals surface area contributed by atoms with Gasteiger partial charge in [0.05, 0.1) is 5.69 Å². The van der Waals surface area contributed by atoms with Gasteiger partial charge in [-0.15, -0.1) is 0 Å². The van der Waals surface area contributed by atoms with Crippen LogP contribution in [0.2, 0.25) is 0 Å². The summed E-state index contributed by atoms with van der Waals surface area (Å²) in [6.45, 7) is 3.79. The molecule has 0 saturated carbocycles. The molecular weight excluding hydrogens is 440 g/mol. The van der Waals surface area contributed by atoms with Crippen LogP contribution in [0.3, 0.4) is 0 Å². The Morgan fingerprint density at radius 1 is 0.667 bits per heavy atom. The van der Waals surface area contributed by atoms with Gasteiger partial charge < -0.3 is 4.90 Å². The van der Waals surface area contributed by atoms with Crippen LogP contribution in [-0.4, -0.2) is 39.1 Å². The molecule has 0 bridgehead atoms. The minimum atomic E-state index is 0.735. The Morgan fingerprint density at radius 2 is 1.39 bits per heavy atom. The van der Waals surface area contributed by atoms with Crippen molar-refractivity contribution in [3.8, 4) is 22.4 Å². The lowest BCUT2D eigenvalue weighted by molar-refractivity contribution is 0.334. The van der Waals surface area contributed by atoms with Crippen molar-refractivity contribution in [2.75, 3.05) is 19.6 Å². The highest BCUT2D eigenvalue weighted by Crippen LogP contribution is 2.27. The molecule has 1 saturated heterocycles. The Kier molecular flexibility index (Phi) is 6.60. The zero-order valence-corrected chi connectivity index (χ0v) is 20.7. The summed E-state index contributed by atoms with van der Waals surface area (Å²) in [7, 11) is 0. The van der Waals surface area contributed by atoms with Gasteiger partial charge in [-0.05, 0) is 85.8 Å². The number of nitrogens with zero attached hydrogens (tertiary/aromatic N) is 4. The second kappa shape index (κ2) is 10.5. The lowest BCUT2D eigenvalue weighted by atomic mass is 10.0. The minimum Gasteiger partial charge on any atom is -0.303 e. The number of pyridine rings is 1. The van der Waals surface area contributed by atoms with Crippen LogP contribution in [0.15, 0.2) is 97.1 Å². The number of aromatic nitrogens is 3. The van der Waals surface area contributed by atoms with Gasteiger partial charge in [0.1, 0.15) is 0 Å². The van der Waals surface area contributed by atoms with Gasteiger partial charge in [0, 0.05) is 12.0 Å². The van der Waals surface area contributed by atoms with Crippen molar-refractivity contribution in [3.63, 3.8) is 0 Å². The first-order valence-corrected chi connectivity index (χ1v) is 13.1. The van der Waals surface area contributed by atoms with Crippen molar-refractivity contribution in [3.05, 3.63) is 114 Å². The van der Waals surface area contributed by atoms with Gasteiger partial charge in [-0.3, -0.25) is 0 Å². The number of rotatable bonds is 8. The maximum Gasteiger partial charge on any atom is 0.156 e. The number of fused-ring (bicyclic) bond motifs is 1. The predicted octanol–water partition coefficient (Wildman–Crippen LogP) is 6.68. The first-order valence-electron chi connectivity index (χ1n) is 13.1. The van der Waals surface area contributed by atoms with Gasteiger partial charge in [-0.2, -0.15) is 5.10 Å². The first kappa shape index (κ1) is 22.7. The maximum absolute atomic E-state index is 4.90. The molecule has 1 aliphatic heterocycles. The highest BCUT2D eigenvalue weighted by molar-refractivity contribution is 5.72. The summed E-state index contributed by atoms with van der Waals surface area (Å²) < 4.78 is 1.98. The number of hydrogen-bond acceptors (Lipinski definition) is 3. The van der Waals surface area contributed by atoms with Gasteiger partial charge in [-0.25, -0.2) is 9.50 Å². The molecule has 3 aromatic carbocycles. The van der Waals surface area contributed by atoms with Crippen molar-refractivity contribution in [2.24, 2.45) is 0 Å². The van der Waals surface area contributed by atoms with Gasteiger partial charge in [0.15, 0.2) is 11.5 Å². The third-order valence-corrected chi connectivity index (χ3v) is 7.19. The molecule has 3 heterocycles. The molecule has 180 valence electrons. The van der Waals surface area contributed by atoms with Crippen LogP contribution in [0.25, 0.3) is 28.0 Å². The second-order valence-electron chi connectivity index (χ2n) is 9.80. The van der Waals surface area contributed by atoms with E-state index in [1.54, 1.807) is 0 Å². The smallest absolute Gasteiger partial charge is 0.156 e. The second-order valence-corrected chi connectivity index (χ2v) is 9.80. The van der Waals surface area contributed by atoms with Crippen LogP contribution >= 0.6 is 0 Å². The van der Waals surface area contributed by atoms with E-state index in [0.717, 1.165) is 35.6 Å². The molecule has 0 spiro atoms. The molecule has 6 rings (SSSR count). The van der Waals surface area contributed by atoms with Crippen molar-refractivity contribution in [2.45, 2.75) is 32.1 Å². The SMILES string of the molecule is c1ccc(-c2cccc(-c3cccc4nc(Cc5ccc(CCCN6CCCC6)cc5)nn34)c2)cc1. The largest absolute Gasteiger partial charge is 0.303 e. The molecule has 4 nitrogen and oxygen atoms in total. The number of benzene rings is 3. The minimum absolute atomic E-state index is 0.735. The number of hydrogen-bond donors (Lipinski definition) is 0. The Labute approximate surface area is 213 Å². The van der Waals surface area contributed by atoms with Crippen LogP contribution in [-0.2, 0) is 12.8 Å². The van der Waals surface area contributed by atoms with Crippen LogP contribution < -0.4 is 0 Å². The molecule has 0 radical (unpaired) electrons. The van der Waals surface area contributed by atoms with Crippen molar-refractivity contribution in [1.82, 2.24) is 19.5 Å². The van der Waals surface area contributed by atoms with Gasteiger partial charge >= 0.3 is 0 Å². The zero-order valence-electron chi connectivity index (χ0n) is 20.7. The molecule has 0 aliphatic carbocycles. The van der Waals surface area contributed by atoms with E-state index in [-0.39, 0.29) is 0 Å². The van der Waals surface area contributed by atoms with Crippen molar-refractivity contribution >= 4 is 5.65 Å². The summed E-state index contributed by atoms with van der Waals surface area (Å²) in [5.41, 5.74) is 8.15. The lowest BCUT2D eigenvalue weighted by Gasteiger charge is -2.13. The van der Waals surface area contributed by atoms with E-state index in [1.807, 2.05) is 16.6 Å². The third-order valence-electron chi connectivity index (χ3n) is 7.19.